The highest BCUT2D eigenvalue weighted by Gasteiger charge is 2.23. The summed E-state index contributed by atoms with van der Waals surface area (Å²) in [6.45, 7) is 1.24. The van der Waals surface area contributed by atoms with Gasteiger partial charge in [-0.25, -0.2) is 4.98 Å². The van der Waals surface area contributed by atoms with Crippen LogP contribution in [0.3, 0.4) is 0 Å². The number of carbonyl (C=O) groups is 3. The predicted molar refractivity (Wildman–Crippen MR) is 118 cm³/mol. The second-order valence-electron chi connectivity index (χ2n) is 7.37. The number of hydrogen-bond donors (Lipinski definition) is 1. The minimum absolute atomic E-state index is 0.197. The van der Waals surface area contributed by atoms with E-state index in [1.54, 1.807) is 41.4 Å². The zero-order chi connectivity index (χ0) is 21.6. The molecule has 2 aromatic carbocycles. The first-order chi connectivity index (χ1) is 15.1. The fraction of sp³-hybridized carbons (Fsp3) is 0.208. The normalized spacial score (nSPS) is 14.0. The lowest BCUT2D eigenvalue weighted by molar-refractivity contribution is -0.143. The van der Waals surface area contributed by atoms with Crippen molar-refractivity contribution in [3.05, 3.63) is 72.1 Å². The average molecular weight is 414 g/mol. The maximum Gasteiger partial charge on any atom is 0.313 e. The van der Waals surface area contributed by atoms with Crippen LogP contribution in [0.4, 0.5) is 5.69 Å². The van der Waals surface area contributed by atoms with Gasteiger partial charge in [-0.3, -0.25) is 19.4 Å². The number of benzene rings is 2. The van der Waals surface area contributed by atoms with Gasteiger partial charge < -0.3 is 10.2 Å². The summed E-state index contributed by atoms with van der Waals surface area (Å²) in [5.74, 6) is -1.37. The van der Waals surface area contributed by atoms with Gasteiger partial charge in [-0.2, -0.15) is 0 Å². The molecule has 1 aromatic heterocycles. The Morgan fingerprint density at radius 1 is 0.903 bits per heavy atom. The lowest BCUT2D eigenvalue weighted by Gasteiger charge is -2.25. The van der Waals surface area contributed by atoms with Crippen LogP contribution in [-0.4, -0.2) is 45.6 Å². The Hall–Kier alpha value is -3.87. The number of likely N-dealkylation sites (tertiary alicyclic amines) is 1. The summed E-state index contributed by atoms with van der Waals surface area (Å²) in [6.07, 6.45) is 7.61. The topological polar surface area (TPSA) is 92.3 Å². The molecule has 0 saturated carbocycles. The van der Waals surface area contributed by atoms with E-state index >= 15 is 0 Å². The van der Waals surface area contributed by atoms with Crippen LogP contribution in [-0.2, 0) is 9.59 Å². The molecule has 0 unspecified atom stereocenters. The van der Waals surface area contributed by atoms with Crippen molar-refractivity contribution in [2.75, 3.05) is 18.4 Å². The maximum absolute atomic E-state index is 12.4. The molecule has 2 amide bonds. The number of nitrogens with zero attached hydrogens (tertiary/aromatic N) is 3. The largest absolute Gasteiger partial charge is 0.334 e. The summed E-state index contributed by atoms with van der Waals surface area (Å²) < 4.78 is 0. The third-order valence-electron chi connectivity index (χ3n) is 5.14. The molecular weight excluding hydrogens is 392 g/mol. The van der Waals surface area contributed by atoms with E-state index in [1.807, 2.05) is 24.3 Å². The quantitative estimate of drug-likeness (QED) is 0.401. The van der Waals surface area contributed by atoms with Gasteiger partial charge in [0, 0.05) is 24.3 Å². The van der Waals surface area contributed by atoms with Crippen LogP contribution in [0.2, 0.25) is 0 Å². The van der Waals surface area contributed by atoms with E-state index in [1.165, 1.54) is 6.08 Å². The van der Waals surface area contributed by atoms with Crippen molar-refractivity contribution in [2.24, 2.45) is 0 Å². The molecule has 1 N–H and O–H groups in total. The molecule has 1 saturated heterocycles. The molecule has 1 fully saturated rings. The van der Waals surface area contributed by atoms with Crippen molar-refractivity contribution in [2.45, 2.75) is 19.3 Å². The first-order valence-corrected chi connectivity index (χ1v) is 10.2. The molecule has 1 aliphatic rings. The van der Waals surface area contributed by atoms with Crippen LogP contribution < -0.4 is 5.32 Å². The van der Waals surface area contributed by atoms with Crippen molar-refractivity contribution in [1.82, 2.24) is 14.9 Å². The number of nitrogens with one attached hydrogen (secondary N) is 1. The number of anilines is 1. The SMILES string of the molecule is O=C(Nc1ccc(C(=O)/C=C/c2cnc3ccccc3n2)cc1)C(=O)N1CCCCC1. The number of amides is 2. The van der Waals surface area contributed by atoms with Crippen LogP contribution in [0.25, 0.3) is 17.1 Å². The number of carbonyl (C=O) groups excluding carboxylic acids is 3. The second kappa shape index (κ2) is 9.30. The highest BCUT2D eigenvalue weighted by atomic mass is 16.2. The number of hydrogen-bond acceptors (Lipinski definition) is 5. The molecule has 7 heteroatoms. The predicted octanol–water partition coefficient (Wildman–Crippen LogP) is 3.48. The third kappa shape index (κ3) is 5.01. The number of piperidine rings is 1. The Kier molecular flexibility index (Phi) is 6.12. The smallest absolute Gasteiger partial charge is 0.313 e. The van der Waals surface area contributed by atoms with Gasteiger partial charge in [-0.1, -0.05) is 12.1 Å². The molecular formula is C24H22N4O3. The zero-order valence-electron chi connectivity index (χ0n) is 17.0. The van der Waals surface area contributed by atoms with Crippen LogP contribution in [0.1, 0.15) is 35.3 Å². The van der Waals surface area contributed by atoms with Gasteiger partial charge in [-0.15, -0.1) is 0 Å². The zero-order valence-corrected chi connectivity index (χ0v) is 17.0. The number of ketones is 1. The molecule has 0 spiro atoms. The van der Waals surface area contributed by atoms with E-state index in [0.29, 0.717) is 30.0 Å². The first kappa shape index (κ1) is 20.4. The Morgan fingerprint density at radius 3 is 2.35 bits per heavy atom. The molecule has 0 aliphatic carbocycles. The number of rotatable bonds is 4. The maximum atomic E-state index is 12.4. The Labute approximate surface area is 179 Å². The minimum Gasteiger partial charge on any atom is -0.334 e. The lowest BCUT2D eigenvalue weighted by Crippen LogP contribution is -2.42. The number of allylic oxidation sites excluding steroid dienone is 1. The van der Waals surface area contributed by atoms with Crippen LogP contribution in [0.15, 0.2) is 60.8 Å². The minimum atomic E-state index is -0.657. The van der Waals surface area contributed by atoms with Gasteiger partial charge in [0.15, 0.2) is 5.78 Å². The molecule has 0 atom stereocenters. The van der Waals surface area contributed by atoms with E-state index in [-0.39, 0.29) is 5.78 Å². The molecule has 1 aliphatic heterocycles. The average Bonchev–Trinajstić information content (AvgIpc) is 2.83. The van der Waals surface area contributed by atoms with Crippen LogP contribution >= 0.6 is 0 Å². The molecule has 7 nitrogen and oxygen atoms in total. The van der Waals surface area contributed by atoms with Gasteiger partial charge >= 0.3 is 11.8 Å². The van der Waals surface area contributed by atoms with Crippen molar-refractivity contribution < 1.29 is 14.4 Å². The van der Waals surface area contributed by atoms with Crippen molar-refractivity contribution in [3.63, 3.8) is 0 Å². The van der Waals surface area contributed by atoms with E-state index in [9.17, 15) is 14.4 Å². The first-order valence-electron chi connectivity index (χ1n) is 10.2. The number of para-hydroxylation sites is 2. The molecule has 0 bridgehead atoms. The van der Waals surface area contributed by atoms with Gasteiger partial charge in [0.25, 0.3) is 0 Å². The number of aromatic nitrogens is 2. The summed E-state index contributed by atoms with van der Waals surface area (Å²) in [5.41, 5.74) is 3.08. The van der Waals surface area contributed by atoms with Crippen LogP contribution in [0.5, 0.6) is 0 Å². The molecule has 31 heavy (non-hydrogen) atoms. The highest BCUT2D eigenvalue weighted by molar-refractivity contribution is 6.39. The van der Waals surface area contributed by atoms with Crippen molar-refractivity contribution in [1.29, 1.82) is 0 Å². The standard InChI is InChI=1S/C24H22N4O3/c29-22(13-12-19-16-25-20-6-2-3-7-21(20)26-19)17-8-10-18(11-9-17)27-23(30)24(31)28-14-4-1-5-15-28/h2-3,6-13,16H,1,4-5,14-15H2,(H,27,30)/b13-12+. The van der Waals surface area contributed by atoms with Crippen LogP contribution in [0, 0.1) is 0 Å². The molecule has 0 radical (unpaired) electrons. The molecule has 2 heterocycles. The molecule has 4 rings (SSSR count). The second-order valence-corrected chi connectivity index (χ2v) is 7.37. The fourth-order valence-electron chi connectivity index (χ4n) is 3.45. The Balaban J connectivity index is 1.37. The van der Waals surface area contributed by atoms with Gasteiger partial charge in [-0.05, 0) is 67.8 Å². The summed E-state index contributed by atoms with van der Waals surface area (Å²) in [5, 5.41) is 2.60. The van der Waals surface area contributed by atoms with Gasteiger partial charge in [0.2, 0.25) is 0 Å². The lowest BCUT2D eigenvalue weighted by atomic mass is 10.1. The summed E-state index contributed by atoms with van der Waals surface area (Å²) >= 11 is 0. The van der Waals surface area contributed by atoms with E-state index in [4.69, 9.17) is 0 Å². The summed E-state index contributed by atoms with van der Waals surface area (Å²) in [7, 11) is 0. The Bertz CT molecular complexity index is 1150. The third-order valence-corrected chi connectivity index (χ3v) is 5.14. The number of fused-ring (bicyclic) bond motifs is 1. The molecule has 3 aromatic rings. The fourth-order valence-corrected chi connectivity index (χ4v) is 3.45. The summed E-state index contributed by atoms with van der Waals surface area (Å²) in [6, 6.07) is 14.0. The highest BCUT2D eigenvalue weighted by Crippen LogP contribution is 2.14. The van der Waals surface area contributed by atoms with E-state index in [2.05, 4.69) is 15.3 Å². The van der Waals surface area contributed by atoms with Crippen molar-refractivity contribution in [3.8, 4) is 0 Å². The van der Waals surface area contributed by atoms with Crippen molar-refractivity contribution >= 4 is 40.4 Å². The monoisotopic (exact) mass is 414 g/mol. The van der Waals surface area contributed by atoms with E-state index < -0.39 is 11.8 Å². The van der Waals surface area contributed by atoms with E-state index in [0.717, 1.165) is 30.3 Å². The summed E-state index contributed by atoms with van der Waals surface area (Å²) in [4.78, 5) is 47.2. The van der Waals surface area contributed by atoms with Gasteiger partial charge in [0.05, 0.1) is 22.9 Å². The van der Waals surface area contributed by atoms with Gasteiger partial charge in [0.1, 0.15) is 0 Å². The Morgan fingerprint density at radius 2 is 1.61 bits per heavy atom. The molecule has 156 valence electrons.